The Bertz CT molecular complexity index is 521. The first-order valence-corrected chi connectivity index (χ1v) is 9.05. The molecule has 0 spiro atoms. The molecule has 5 heteroatoms. The number of ether oxygens (including phenoxy) is 1. The highest BCUT2D eigenvalue weighted by Gasteiger charge is 2.24. The van der Waals surface area contributed by atoms with Crippen LogP contribution in [0.3, 0.4) is 0 Å². The molecule has 1 heterocycles. The number of hydrogen-bond acceptors (Lipinski definition) is 3. The number of nitrogens with zero attached hydrogens (tertiary/aromatic N) is 3. The molecule has 1 aliphatic rings. The van der Waals surface area contributed by atoms with Gasteiger partial charge in [0.25, 0.3) is 0 Å². The third-order valence-corrected chi connectivity index (χ3v) is 4.41. The van der Waals surface area contributed by atoms with Gasteiger partial charge in [0.1, 0.15) is 5.75 Å². The minimum atomic E-state index is 0.170. The van der Waals surface area contributed by atoms with Crippen molar-refractivity contribution in [1.82, 2.24) is 14.7 Å². The molecule has 2 amide bonds. The highest BCUT2D eigenvalue weighted by molar-refractivity contribution is 5.74. The first-order valence-electron chi connectivity index (χ1n) is 9.05. The van der Waals surface area contributed by atoms with Crippen molar-refractivity contribution < 1.29 is 9.53 Å². The van der Waals surface area contributed by atoms with E-state index < -0.39 is 0 Å². The summed E-state index contributed by atoms with van der Waals surface area (Å²) in [5.74, 6) is 0.967. The van der Waals surface area contributed by atoms with Crippen LogP contribution in [0.4, 0.5) is 4.79 Å². The van der Waals surface area contributed by atoms with E-state index >= 15 is 0 Å². The zero-order valence-electron chi connectivity index (χ0n) is 15.5. The molecule has 0 unspecified atom stereocenters. The fourth-order valence-electron chi connectivity index (χ4n) is 3.04. The minimum absolute atomic E-state index is 0.170. The number of urea groups is 1. The largest absolute Gasteiger partial charge is 0.491 e. The number of benzene rings is 1. The Morgan fingerprint density at radius 2 is 1.75 bits per heavy atom. The van der Waals surface area contributed by atoms with Gasteiger partial charge in [-0.25, -0.2) is 4.79 Å². The summed E-state index contributed by atoms with van der Waals surface area (Å²) in [6.45, 7) is 14.0. The van der Waals surface area contributed by atoms with Crippen molar-refractivity contribution in [3.05, 3.63) is 29.8 Å². The van der Waals surface area contributed by atoms with E-state index in [2.05, 4.69) is 17.0 Å². The molecule has 2 rings (SSSR count). The monoisotopic (exact) mass is 333 g/mol. The van der Waals surface area contributed by atoms with Gasteiger partial charge in [0, 0.05) is 51.4 Å². The molecule has 24 heavy (non-hydrogen) atoms. The number of piperazine rings is 1. The lowest BCUT2D eigenvalue weighted by atomic mass is 10.1. The van der Waals surface area contributed by atoms with Crippen molar-refractivity contribution in [2.45, 2.75) is 40.3 Å². The summed E-state index contributed by atoms with van der Waals surface area (Å²) in [6, 6.07) is 8.41. The van der Waals surface area contributed by atoms with Gasteiger partial charge in [-0.1, -0.05) is 18.2 Å². The van der Waals surface area contributed by atoms with Crippen molar-refractivity contribution in [1.29, 1.82) is 0 Å². The number of hydrogen-bond donors (Lipinski definition) is 0. The summed E-state index contributed by atoms with van der Waals surface area (Å²) in [7, 11) is 0. The lowest BCUT2D eigenvalue weighted by Crippen LogP contribution is -2.52. The molecule has 0 bridgehead atoms. The Labute approximate surface area is 146 Å². The molecule has 0 saturated carbocycles. The van der Waals surface area contributed by atoms with Gasteiger partial charge in [0.05, 0.1) is 6.10 Å². The van der Waals surface area contributed by atoms with Crippen LogP contribution in [-0.4, -0.2) is 66.1 Å². The Balaban J connectivity index is 1.91. The van der Waals surface area contributed by atoms with Gasteiger partial charge in [-0.05, 0) is 33.8 Å². The topological polar surface area (TPSA) is 36.0 Å². The van der Waals surface area contributed by atoms with E-state index in [-0.39, 0.29) is 12.1 Å². The summed E-state index contributed by atoms with van der Waals surface area (Å²) in [5, 5.41) is 0. The molecule has 0 aromatic heterocycles. The van der Waals surface area contributed by atoms with E-state index in [4.69, 9.17) is 4.74 Å². The molecule has 0 N–H and O–H groups in total. The molecule has 0 atom stereocenters. The SMILES string of the molecule is CCN(CC)C(=O)N1CCN(Cc2ccccc2OC(C)C)CC1. The van der Waals surface area contributed by atoms with E-state index in [0.717, 1.165) is 51.6 Å². The second kappa shape index (κ2) is 8.92. The van der Waals surface area contributed by atoms with Crippen LogP contribution in [0.1, 0.15) is 33.3 Å². The number of carbonyl (C=O) groups is 1. The van der Waals surface area contributed by atoms with Crippen molar-refractivity contribution >= 4 is 6.03 Å². The maximum Gasteiger partial charge on any atom is 0.320 e. The fraction of sp³-hybridized carbons (Fsp3) is 0.632. The van der Waals surface area contributed by atoms with Crippen LogP contribution < -0.4 is 4.74 Å². The minimum Gasteiger partial charge on any atom is -0.491 e. The number of amides is 2. The average Bonchev–Trinajstić information content (AvgIpc) is 2.58. The molecular formula is C19H31N3O2. The molecule has 1 saturated heterocycles. The van der Waals surface area contributed by atoms with Crippen LogP contribution in [0.2, 0.25) is 0 Å². The van der Waals surface area contributed by atoms with E-state index in [0.29, 0.717) is 0 Å². The van der Waals surface area contributed by atoms with Crippen LogP contribution in [0.15, 0.2) is 24.3 Å². The number of rotatable bonds is 6. The normalized spacial score (nSPS) is 15.6. The second-order valence-corrected chi connectivity index (χ2v) is 6.49. The van der Waals surface area contributed by atoms with Crippen LogP contribution >= 0.6 is 0 Å². The fourth-order valence-corrected chi connectivity index (χ4v) is 3.04. The van der Waals surface area contributed by atoms with E-state index in [1.54, 1.807) is 0 Å². The first kappa shape index (κ1) is 18.6. The summed E-state index contributed by atoms with van der Waals surface area (Å²) >= 11 is 0. The Hall–Kier alpha value is -1.75. The lowest BCUT2D eigenvalue weighted by Gasteiger charge is -2.37. The van der Waals surface area contributed by atoms with E-state index in [1.165, 1.54) is 5.56 Å². The molecular weight excluding hydrogens is 302 g/mol. The van der Waals surface area contributed by atoms with Gasteiger partial charge in [-0.15, -0.1) is 0 Å². The van der Waals surface area contributed by atoms with Crippen molar-refractivity contribution in [2.75, 3.05) is 39.3 Å². The van der Waals surface area contributed by atoms with Gasteiger partial charge in [-0.2, -0.15) is 0 Å². The summed E-state index contributed by atoms with van der Waals surface area (Å²) in [6.07, 6.45) is 0.176. The zero-order valence-corrected chi connectivity index (χ0v) is 15.5. The van der Waals surface area contributed by atoms with Gasteiger partial charge in [0.2, 0.25) is 0 Å². The maximum atomic E-state index is 12.4. The maximum absolute atomic E-state index is 12.4. The van der Waals surface area contributed by atoms with Crippen LogP contribution in [0, 0.1) is 0 Å². The van der Waals surface area contributed by atoms with Gasteiger partial charge < -0.3 is 14.5 Å². The molecule has 1 aromatic carbocycles. The number of para-hydroxylation sites is 1. The Morgan fingerprint density at radius 3 is 2.33 bits per heavy atom. The third-order valence-electron chi connectivity index (χ3n) is 4.41. The van der Waals surface area contributed by atoms with Gasteiger partial charge >= 0.3 is 6.03 Å². The summed E-state index contributed by atoms with van der Waals surface area (Å²) < 4.78 is 5.91. The molecule has 5 nitrogen and oxygen atoms in total. The van der Waals surface area contributed by atoms with Crippen LogP contribution in [-0.2, 0) is 6.54 Å². The highest BCUT2D eigenvalue weighted by atomic mass is 16.5. The van der Waals surface area contributed by atoms with E-state index in [1.807, 2.05) is 49.6 Å². The number of carbonyl (C=O) groups excluding carboxylic acids is 1. The Kier molecular flexibility index (Phi) is 6.91. The molecule has 134 valence electrons. The Morgan fingerprint density at radius 1 is 1.12 bits per heavy atom. The molecule has 1 aromatic rings. The summed E-state index contributed by atoms with van der Waals surface area (Å²) in [5.41, 5.74) is 1.22. The first-order chi connectivity index (χ1) is 11.5. The quantitative estimate of drug-likeness (QED) is 0.803. The molecule has 1 aliphatic heterocycles. The van der Waals surface area contributed by atoms with Crippen LogP contribution in [0.5, 0.6) is 5.75 Å². The third kappa shape index (κ3) is 4.87. The van der Waals surface area contributed by atoms with E-state index in [9.17, 15) is 4.79 Å². The van der Waals surface area contributed by atoms with Crippen molar-refractivity contribution in [2.24, 2.45) is 0 Å². The highest BCUT2D eigenvalue weighted by Crippen LogP contribution is 2.22. The lowest BCUT2D eigenvalue weighted by molar-refractivity contribution is 0.111. The van der Waals surface area contributed by atoms with Crippen molar-refractivity contribution in [3.63, 3.8) is 0 Å². The van der Waals surface area contributed by atoms with Gasteiger partial charge in [-0.3, -0.25) is 4.90 Å². The standard InChI is InChI=1S/C19H31N3O2/c1-5-21(6-2)19(23)22-13-11-20(12-14-22)15-17-9-7-8-10-18(17)24-16(3)4/h7-10,16H,5-6,11-15H2,1-4H3. The van der Waals surface area contributed by atoms with Crippen LogP contribution in [0.25, 0.3) is 0 Å². The predicted octanol–water partition coefficient (Wildman–Crippen LogP) is 3.05. The average molecular weight is 333 g/mol. The molecule has 1 fully saturated rings. The smallest absolute Gasteiger partial charge is 0.320 e. The predicted molar refractivity (Wildman–Crippen MR) is 97.4 cm³/mol. The second-order valence-electron chi connectivity index (χ2n) is 6.49. The molecule has 0 aliphatic carbocycles. The zero-order chi connectivity index (χ0) is 17.5. The van der Waals surface area contributed by atoms with Gasteiger partial charge in [0.15, 0.2) is 0 Å². The summed E-state index contributed by atoms with van der Waals surface area (Å²) in [4.78, 5) is 18.7. The molecule has 0 radical (unpaired) electrons. The van der Waals surface area contributed by atoms with Crippen molar-refractivity contribution in [3.8, 4) is 5.75 Å².